The number of nitrogens with zero attached hydrogens (tertiary/aromatic N) is 8. The van der Waals surface area contributed by atoms with Crippen LogP contribution in [-0.4, -0.2) is 132 Å². The van der Waals surface area contributed by atoms with E-state index in [1.165, 1.54) is 35.4 Å². The second-order valence-electron chi connectivity index (χ2n) is 22.3. The van der Waals surface area contributed by atoms with Gasteiger partial charge >= 0.3 is 6.01 Å². The van der Waals surface area contributed by atoms with Crippen molar-refractivity contribution >= 4 is 50.6 Å². The first kappa shape index (κ1) is 52.4. The Morgan fingerprint density at radius 1 is 1.01 bits per heavy atom. The SMILES string of the molecule is C#Cc1c(F)ccc2cc(O)cc(-c3ncc4c(N5CC6CCC(C5)N6)nc(OC[C@@]56CCCN5[C@H](COc5cc([C@H](C(=O)N7C[C@H](O)C[C@H]7C(=O)N[C@@H](C)c7ccc(-c8scnc8C)cc7)C(C)C)on5)CC6)nc4c3F)c12. The molecule has 12 rings (SSSR count). The summed E-state index contributed by atoms with van der Waals surface area (Å²) in [4.78, 5) is 54.1. The number of ether oxygens (including phenoxy) is 2. The molecule has 9 heterocycles. The van der Waals surface area contributed by atoms with Gasteiger partial charge in [0.2, 0.25) is 11.8 Å². The van der Waals surface area contributed by atoms with Crippen molar-refractivity contribution in [2.45, 2.75) is 120 Å². The van der Waals surface area contributed by atoms with Crippen molar-refractivity contribution in [1.82, 2.24) is 45.5 Å². The molecule has 0 aliphatic carbocycles. The quantitative estimate of drug-likeness (QED) is 0.0715. The largest absolute Gasteiger partial charge is 0.508 e. The fourth-order valence-corrected chi connectivity index (χ4v) is 13.8. The summed E-state index contributed by atoms with van der Waals surface area (Å²) in [7, 11) is 0. The van der Waals surface area contributed by atoms with Crippen LogP contribution in [0, 0.1) is 36.8 Å². The van der Waals surface area contributed by atoms with E-state index in [1.54, 1.807) is 17.4 Å². The Morgan fingerprint density at radius 3 is 2.56 bits per heavy atom. The van der Waals surface area contributed by atoms with Gasteiger partial charge in [0.05, 0.1) is 44.7 Å². The average molecular weight is 1090 g/mol. The van der Waals surface area contributed by atoms with E-state index in [2.05, 4.69) is 41.5 Å². The minimum Gasteiger partial charge on any atom is -0.508 e. The van der Waals surface area contributed by atoms with Gasteiger partial charge in [-0.3, -0.25) is 19.5 Å². The number of aromatic hydroxyl groups is 1. The van der Waals surface area contributed by atoms with Gasteiger partial charge in [0.15, 0.2) is 11.6 Å². The molecule has 3 aromatic carbocycles. The molecule has 2 bridgehead atoms. The molecule has 2 unspecified atom stereocenters. The maximum atomic E-state index is 17.3. The fraction of sp³-hybridized carbons (Fsp3) is 0.441. The number of aryl methyl sites for hydroxylation is 1. The number of piperazine rings is 1. The number of carbonyl (C=O) groups excluding carboxylic acids is 2. The van der Waals surface area contributed by atoms with Crippen LogP contribution in [0.5, 0.6) is 17.6 Å². The predicted molar refractivity (Wildman–Crippen MR) is 294 cm³/mol. The molecule has 20 heteroatoms. The number of likely N-dealkylation sites (tertiary alicyclic amines) is 1. The number of nitrogens with one attached hydrogen (secondary N) is 2. The number of anilines is 1. The van der Waals surface area contributed by atoms with Crippen LogP contribution in [0.4, 0.5) is 14.6 Å². The molecule has 2 amide bonds. The molecule has 5 fully saturated rings. The number of halogens is 2. The number of phenolic OH excluding ortho intramolecular Hbond substituents is 1. The third-order valence-corrected chi connectivity index (χ3v) is 17.9. The number of benzene rings is 3. The highest BCUT2D eigenvalue weighted by Gasteiger charge is 2.50. The standard InChI is InChI=1S/C59H62F2N10O7S/c1-6-42-45(60)15-12-36-20-40(72)21-43(50(36)42)52-51(61)53-44(24-62-52)55(69-25-37-13-14-38(26-69)65-37)67-58(66-53)77-29-59-17-7-19-71(59)39(16-18-59)28-76-48-23-47(78-68-48)49(31(2)3)57(75)70-27-41(73)22-46(70)56(74)64-32(4)34-8-10-35(11-9-34)54-33(5)63-30-79-54/h1,8-12,15,20-21,23-24,30-32,37-39,41,46,49,65,72-73H,7,13-14,16-19,22,25-29H2,2-5H3,(H,64,74)/t32-,37?,38?,39-,41+,46-,49+,59-/m0/s1. The van der Waals surface area contributed by atoms with Gasteiger partial charge in [0.1, 0.15) is 53.8 Å². The van der Waals surface area contributed by atoms with Gasteiger partial charge in [-0.05, 0) is 105 Å². The summed E-state index contributed by atoms with van der Waals surface area (Å²) in [5.41, 5.74) is 4.25. The third-order valence-electron chi connectivity index (χ3n) is 16.9. The Bertz CT molecular complexity index is 3520. The lowest BCUT2D eigenvalue weighted by Gasteiger charge is -2.35. The van der Waals surface area contributed by atoms with Crippen LogP contribution in [0.25, 0.3) is 43.4 Å². The zero-order valence-corrected chi connectivity index (χ0v) is 45.2. The molecule has 8 atom stereocenters. The first-order valence-electron chi connectivity index (χ1n) is 27.2. The molecule has 5 aliphatic heterocycles. The van der Waals surface area contributed by atoms with E-state index in [0.29, 0.717) is 42.0 Å². The lowest BCUT2D eigenvalue weighted by molar-refractivity contribution is -0.141. The van der Waals surface area contributed by atoms with Crippen LogP contribution in [0.1, 0.15) is 100 Å². The molecule has 7 aromatic rings. The van der Waals surface area contributed by atoms with Crippen LogP contribution >= 0.6 is 11.3 Å². The second-order valence-corrected chi connectivity index (χ2v) is 23.2. The van der Waals surface area contributed by atoms with Gasteiger partial charge in [-0.2, -0.15) is 9.97 Å². The fourth-order valence-electron chi connectivity index (χ4n) is 13.0. The van der Waals surface area contributed by atoms with E-state index in [4.69, 9.17) is 30.4 Å². The number of aliphatic hydroxyl groups excluding tert-OH is 1. The summed E-state index contributed by atoms with van der Waals surface area (Å²) in [5, 5.41) is 33.7. The smallest absolute Gasteiger partial charge is 0.319 e. The van der Waals surface area contributed by atoms with E-state index >= 15 is 8.78 Å². The highest BCUT2D eigenvalue weighted by Crippen LogP contribution is 2.44. The normalized spacial score (nSPS) is 23.6. The highest BCUT2D eigenvalue weighted by atomic mass is 32.1. The number of aromatic nitrogens is 5. The number of thiazole rings is 1. The van der Waals surface area contributed by atoms with E-state index in [-0.39, 0.29) is 112 Å². The van der Waals surface area contributed by atoms with Crippen LogP contribution in [0.15, 0.2) is 70.8 Å². The Labute approximate surface area is 459 Å². The lowest BCUT2D eigenvalue weighted by Crippen LogP contribution is -2.51. The number of phenols is 1. The van der Waals surface area contributed by atoms with E-state index in [1.807, 2.05) is 57.5 Å². The molecule has 5 saturated heterocycles. The van der Waals surface area contributed by atoms with Crippen molar-refractivity contribution in [2.24, 2.45) is 5.92 Å². The molecule has 0 spiro atoms. The molecule has 410 valence electrons. The number of amides is 2. The summed E-state index contributed by atoms with van der Waals surface area (Å²) in [6.45, 7) is 10.3. The average Bonchev–Trinajstić information content (AvgIpc) is 4.45. The van der Waals surface area contributed by atoms with Gasteiger partial charge < -0.3 is 44.6 Å². The maximum absolute atomic E-state index is 17.3. The number of fused-ring (bicyclic) bond motifs is 5. The number of hydrogen-bond donors (Lipinski definition) is 4. The molecular formula is C59H62F2N10O7S. The Morgan fingerprint density at radius 2 is 1.81 bits per heavy atom. The molecule has 17 nitrogen and oxygen atoms in total. The number of rotatable bonds is 15. The van der Waals surface area contributed by atoms with Crippen LogP contribution in [0.3, 0.4) is 0 Å². The topological polar surface area (TPSA) is 204 Å². The van der Waals surface area contributed by atoms with Crippen molar-refractivity contribution in [3.8, 4) is 51.7 Å². The molecule has 0 saturated carbocycles. The summed E-state index contributed by atoms with van der Waals surface area (Å²) in [6, 6.07) is 14.4. The van der Waals surface area contributed by atoms with E-state index < -0.39 is 29.7 Å². The number of carbonyl (C=O) groups is 2. The number of pyridine rings is 1. The number of terminal acetylenes is 1. The number of hydrogen-bond acceptors (Lipinski definition) is 16. The van der Waals surface area contributed by atoms with Crippen LogP contribution < -0.4 is 25.0 Å². The Balaban J connectivity index is 0.736. The molecule has 79 heavy (non-hydrogen) atoms. The first-order chi connectivity index (χ1) is 38.1. The summed E-state index contributed by atoms with van der Waals surface area (Å²) >= 11 is 1.58. The van der Waals surface area contributed by atoms with Crippen LogP contribution in [-0.2, 0) is 9.59 Å². The van der Waals surface area contributed by atoms with Crippen molar-refractivity contribution < 1.29 is 42.6 Å². The first-order valence-corrected chi connectivity index (χ1v) is 28.1. The van der Waals surface area contributed by atoms with Gasteiger partial charge in [-0.15, -0.1) is 17.8 Å². The van der Waals surface area contributed by atoms with Crippen molar-refractivity contribution in [2.75, 3.05) is 44.3 Å². The number of β-amino-alcohol motifs (C(OH)–C–C–N with tert-alkyl or cyclic N) is 1. The highest BCUT2D eigenvalue weighted by molar-refractivity contribution is 7.13. The summed E-state index contributed by atoms with van der Waals surface area (Å²) in [5.74, 6) is 0.121. The molecule has 4 N–H and O–H groups in total. The number of aliphatic hydroxyl groups is 1. The zero-order chi connectivity index (χ0) is 54.9. The van der Waals surface area contributed by atoms with Crippen molar-refractivity contribution in [1.29, 1.82) is 0 Å². The third kappa shape index (κ3) is 9.78. The Kier molecular flexibility index (Phi) is 14.0. The molecule has 4 aromatic heterocycles. The van der Waals surface area contributed by atoms with E-state index in [9.17, 15) is 19.8 Å². The molecule has 5 aliphatic rings. The van der Waals surface area contributed by atoms with Crippen LogP contribution in [0.2, 0.25) is 0 Å². The Hall–Kier alpha value is -7.31. The lowest BCUT2D eigenvalue weighted by atomic mass is 9.91. The minimum atomic E-state index is -0.881. The van der Waals surface area contributed by atoms with Gasteiger partial charge in [-0.25, -0.2) is 13.8 Å². The van der Waals surface area contributed by atoms with Crippen molar-refractivity contribution in [3.05, 3.63) is 101 Å². The second kappa shape index (κ2) is 21.1. The van der Waals surface area contributed by atoms with Crippen molar-refractivity contribution in [3.63, 3.8) is 0 Å². The van der Waals surface area contributed by atoms with Gasteiger partial charge in [0.25, 0.3) is 5.88 Å². The minimum absolute atomic E-state index is 0.00714. The van der Waals surface area contributed by atoms with Gasteiger partial charge in [-0.1, -0.05) is 50.1 Å². The monoisotopic (exact) mass is 1090 g/mol. The zero-order valence-electron chi connectivity index (χ0n) is 44.4. The summed E-state index contributed by atoms with van der Waals surface area (Å²) in [6.07, 6.45) is 12.0. The predicted octanol–water partition coefficient (Wildman–Crippen LogP) is 8.20. The summed E-state index contributed by atoms with van der Waals surface area (Å²) < 4.78 is 51.2. The maximum Gasteiger partial charge on any atom is 0.319 e. The van der Waals surface area contributed by atoms with E-state index in [0.717, 1.165) is 66.8 Å². The molecular weight excluding hydrogens is 1030 g/mol. The molecule has 0 radical (unpaired) electrons. The van der Waals surface area contributed by atoms with Gasteiger partial charge in [0, 0.05) is 67.4 Å².